The van der Waals surface area contributed by atoms with Crippen LogP contribution in [0.15, 0.2) is 54.6 Å². The van der Waals surface area contributed by atoms with Crippen molar-refractivity contribution in [3.05, 3.63) is 71.5 Å². The van der Waals surface area contributed by atoms with Gasteiger partial charge in [0.05, 0.1) is 0 Å². The minimum Gasteiger partial charge on any atom is -0.338 e. The molecule has 0 aliphatic heterocycles. The molecule has 0 aliphatic rings. The molecule has 0 aliphatic carbocycles. The number of nitrogens with one attached hydrogen (secondary N) is 2. The fourth-order valence-electron chi connectivity index (χ4n) is 2.38. The van der Waals surface area contributed by atoms with Crippen LogP contribution in [0.2, 0.25) is 0 Å². The Kier molecular flexibility index (Phi) is 6.54. The molecular weight excluding hydrogens is 298 g/mol. The Morgan fingerprint density at radius 3 is 2.35 bits per heavy atom. The molecule has 2 aromatic carbocycles. The van der Waals surface area contributed by atoms with Gasteiger partial charge in [0, 0.05) is 19.0 Å². The average Bonchev–Trinajstić information content (AvgIpc) is 2.58. The fourth-order valence-corrected chi connectivity index (χ4v) is 2.38. The lowest BCUT2D eigenvalue weighted by molar-refractivity contribution is 0.239. The molecule has 0 saturated heterocycles. The van der Waals surface area contributed by atoms with E-state index in [1.807, 2.05) is 30.3 Å². The van der Waals surface area contributed by atoms with Gasteiger partial charge < -0.3 is 10.6 Å². The standard InChI is InChI=1S/C18H20F2N2O/c19-10-11-21-18(23)22-13-16(12-14-4-2-1-3-5-14)15-6-8-17(20)9-7-15/h1-9,16H,10-13H2,(H2,21,22,23). The van der Waals surface area contributed by atoms with Crippen molar-refractivity contribution in [3.8, 4) is 0 Å². The van der Waals surface area contributed by atoms with Crippen LogP contribution >= 0.6 is 0 Å². The number of hydrogen-bond donors (Lipinski definition) is 2. The van der Waals surface area contributed by atoms with Gasteiger partial charge in [-0.1, -0.05) is 42.5 Å². The first-order valence-corrected chi connectivity index (χ1v) is 7.56. The Hall–Kier alpha value is -2.43. The number of rotatable bonds is 7. The van der Waals surface area contributed by atoms with Crippen LogP contribution in [0, 0.1) is 5.82 Å². The molecule has 2 N–H and O–H groups in total. The van der Waals surface area contributed by atoms with E-state index in [0.717, 1.165) is 17.5 Å². The van der Waals surface area contributed by atoms with E-state index in [4.69, 9.17) is 0 Å². The topological polar surface area (TPSA) is 41.1 Å². The van der Waals surface area contributed by atoms with Crippen LogP contribution in [0.5, 0.6) is 0 Å². The number of carbonyl (C=O) groups is 1. The third kappa shape index (κ3) is 5.70. The van der Waals surface area contributed by atoms with E-state index in [1.165, 1.54) is 12.1 Å². The SMILES string of the molecule is O=C(NCCF)NCC(Cc1ccccc1)c1ccc(F)cc1. The predicted octanol–water partition coefficient (Wildman–Crippen LogP) is 3.42. The van der Waals surface area contributed by atoms with Crippen molar-refractivity contribution in [2.45, 2.75) is 12.3 Å². The normalized spacial score (nSPS) is 11.7. The van der Waals surface area contributed by atoms with Gasteiger partial charge in [-0.25, -0.2) is 13.6 Å². The van der Waals surface area contributed by atoms with Crippen LogP contribution in [-0.4, -0.2) is 25.8 Å². The van der Waals surface area contributed by atoms with Crippen molar-refractivity contribution >= 4 is 6.03 Å². The lowest BCUT2D eigenvalue weighted by Crippen LogP contribution is -2.39. The Bertz CT molecular complexity index is 602. The quantitative estimate of drug-likeness (QED) is 0.807. The van der Waals surface area contributed by atoms with Crippen molar-refractivity contribution in [1.82, 2.24) is 10.6 Å². The Morgan fingerprint density at radius 2 is 1.70 bits per heavy atom. The number of amides is 2. The zero-order valence-corrected chi connectivity index (χ0v) is 12.8. The number of benzene rings is 2. The molecular formula is C18H20F2N2O. The highest BCUT2D eigenvalue weighted by atomic mass is 19.1. The molecule has 2 aromatic rings. The molecule has 2 amide bonds. The van der Waals surface area contributed by atoms with Crippen LogP contribution in [-0.2, 0) is 6.42 Å². The van der Waals surface area contributed by atoms with E-state index in [2.05, 4.69) is 10.6 Å². The van der Waals surface area contributed by atoms with Crippen LogP contribution in [0.4, 0.5) is 13.6 Å². The minimum atomic E-state index is -0.598. The van der Waals surface area contributed by atoms with E-state index in [0.29, 0.717) is 6.54 Å². The molecule has 23 heavy (non-hydrogen) atoms. The van der Waals surface area contributed by atoms with E-state index in [-0.39, 0.29) is 18.3 Å². The lowest BCUT2D eigenvalue weighted by Gasteiger charge is -2.18. The first kappa shape index (κ1) is 16.9. The summed E-state index contributed by atoms with van der Waals surface area (Å²) in [5, 5.41) is 5.17. The first-order chi connectivity index (χ1) is 11.2. The summed E-state index contributed by atoms with van der Waals surface area (Å²) < 4.78 is 25.2. The summed E-state index contributed by atoms with van der Waals surface area (Å²) >= 11 is 0. The minimum absolute atomic E-state index is 0.00820. The van der Waals surface area contributed by atoms with Crippen LogP contribution < -0.4 is 10.6 Å². The summed E-state index contributed by atoms with van der Waals surface area (Å²) in [5.74, 6) is -0.282. The van der Waals surface area contributed by atoms with Crippen molar-refractivity contribution in [1.29, 1.82) is 0 Å². The summed E-state index contributed by atoms with van der Waals surface area (Å²) in [5.41, 5.74) is 2.08. The average molecular weight is 318 g/mol. The van der Waals surface area contributed by atoms with Gasteiger partial charge in [0.25, 0.3) is 0 Å². The predicted molar refractivity (Wildman–Crippen MR) is 86.7 cm³/mol. The van der Waals surface area contributed by atoms with Crippen molar-refractivity contribution in [3.63, 3.8) is 0 Å². The van der Waals surface area contributed by atoms with Crippen LogP contribution in [0.25, 0.3) is 0 Å². The maximum absolute atomic E-state index is 13.1. The van der Waals surface area contributed by atoms with E-state index < -0.39 is 12.7 Å². The summed E-state index contributed by atoms with van der Waals surface area (Å²) in [6, 6.07) is 15.8. The van der Waals surface area contributed by atoms with Crippen molar-refractivity contribution in [2.75, 3.05) is 19.8 Å². The zero-order chi connectivity index (χ0) is 16.5. The van der Waals surface area contributed by atoms with Gasteiger partial charge in [-0.05, 0) is 29.7 Å². The van der Waals surface area contributed by atoms with Gasteiger partial charge in [-0.2, -0.15) is 0 Å². The summed E-state index contributed by atoms with van der Waals surface area (Å²) in [7, 11) is 0. The summed E-state index contributed by atoms with van der Waals surface area (Å²) in [6.07, 6.45) is 0.718. The molecule has 0 aromatic heterocycles. The number of alkyl halides is 1. The smallest absolute Gasteiger partial charge is 0.314 e. The highest BCUT2D eigenvalue weighted by Gasteiger charge is 2.14. The van der Waals surface area contributed by atoms with Gasteiger partial charge in [0.1, 0.15) is 12.5 Å². The Labute approximate surface area is 134 Å². The second kappa shape index (κ2) is 8.88. The molecule has 1 atom stereocenters. The first-order valence-electron chi connectivity index (χ1n) is 7.56. The van der Waals surface area contributed by atoms with Gasteiger partial charge in [0.2, 0.25) is 0 Å². The highest BCUT2D eigenvalue weighted by molar-refractivity contribution is 5.73. The van der Waals surface area contributed by atoms with Gasteiger partial charge in [0.15, 0.2) is 0 Å². The van der Waals surface area contributed by atoms with E-state index >= 15 is 0 Å². The maximum Gasteiger partial charge on any atom is 0.314 e. The lowest BCUT2D eigenvalue weighted by atomic mass is 9.92. The summed E-state index contributed by atoms with van der Waals surface area (Å²) in [6.45, 7) is -0.219. The number of halogens is 2. The van der Waals surface area contributed by atoms with Gasteiger partial charge >= 0.3 is 6.03 Å². The van der Waals surface area contributed by atoms with E-state index in [1.54, 1.807) is 12.1 Å². The molecule has 5 heteroatoms. The second-order valence-electron chi connectivity index (χ2n) is 5.26. The van der Waals surface area contributed by atoms with Gasteiger partial charge in [-0.3, -0.25) is 0 Å². The molecule has 0 radical (unpaired) electrons. The van der Waals surface area contributed by atoms with Crippen LogP contribution in [0.3, 0.4) is 0 Å². The molecule has 0 spiro atoms. The molecule has 0 saturated carbocycles. The van der Waals surface area contributed by atoms with Crippen LogP contribution in [0.1, 0.15) is 17.0 Å². The molecule has 0 bridgehead atoms. The molecule has 1 unspecified atom stereocenters. The Balaban J connectivity index is 2.05. The van der Waals surface area contributed by atoms with Crippen molar-refractivity contribution < 1.29 is 13.6 Å². The third-order valence-electron chi connectivity index (χ3n) is 3.56. The largest absolute Gasteiger partial charge is 0.338 e. The zero-order valence-electron chi connectivity index (χ0n) is 12.8. The molecule has 2 rings (SSSR count). The molecule has 3 nitrogen and oxygen atoms in total. The van der Waals surface area contributed by atoms with Crippen molar-refractivity contribution in [2.24, 2.45) is 0 Å². The molecule has 0 heterocycles. The number of urea groups is 1. The third-order valence-corrected chi connectivity index (χ3v) is 3.56. The van der Waals surface area contributed by atoms with E-state index in [9.17, 15) is 13.6 Å². The monoisotopic (exact) mass is 318 g/mol. The van der Waals surface area contributed by atoms with Gasteiger partial charge in [-0.15, -0.1) is 0 Å². The Morgan fingerprint density at radius 1 is 1.00 bits per heavy atom. The number of carbonyl (C=O) groups excluding carboxylic acids is 1. The summed E-state index contributed by atoms with van der Waals surface area (Å²) in [4.78, 5) is 11.6. The maximum atomic E-state index is 13.1. The molecule has 0 fully saturated rings. The molecule has 122 valence electrons. The highest BCUT2D eigenvalue weighted by Crippen LogP contribution is 2.21. The second-order valence-corrected chi connectivity index (χ2v) is 5.26. The fraction of sp³-hybridized carbons (Fsp3) is 0.278. The number of hydrogen-bond acceptors (Lipinski definition) is 1.